The smallest absolute Gasteiger partial charge is 0.148 e. The van der Waals surface area contributed by atoms with Gasteiger partial charge in [0, 0.05) is 37.0 Å². The Morgan fingerprint density at radius 2 is 1.71 bits per heavy atom. The molecule has 0 aliphatic heterocycles. The molecule has 6 heteroatoms. The van der Waals surface area contributed by atoms with E-state index in [4.69, 9.17) is 9.84 Å². The quantitative estimate of drug-likeness (QED) is 0.595. The van der Waals surface area contributed by atoms with Crippen molar-refractivity contribution in [2.45, 2.75) is 6.54 Å². The molecule has 0 saturated carbocycles. The molecule has 0 aliphatic rings. The second-order valence-electron chi connectivity index (χ2n) is 7.17. The van der Waals surface area contributed by atoms with E-state index in [-0.39, 0.29) is 5.82 Å². The van der Waals surface area contributed by atoms with Crippen LogP contribution in [0.15, 0.2) is 54.7 Å². The number of hydrogen-bond acceptors (Lipinski definition) is 4. The minimum Gasteiger partial charge on any atom is -0.497 e. The third-order valence-corrected chi connectivity index (χ3v) is 4.62. The third-order valence-electron chi connectivity index (χ3n) is 4.62. The number of ether oxygens (including phenoxy) is 1. The maximum absolute atomic E-state index is 14.3. The van der Waals surface area contributed by atoms with Gasteiger partial charge in [-0.3, -0.25) is 0 Å². The van der Waals surface area contributed by atoms with Crippen molar-refractivity contribution in [1.82, 2.24) is 19.6 Å². The average Bonchev–Trinajstić information content (AvgIpc) is 3.10. The number of methoxy groups -OCH3 is 1. The van der Waals surface area contributed by atoms with Crippen LogP contribution in [0.1, 0.15) is 5.56 Å². The normalized spacial score (nSPS) is 11.4. The molecule has 0 unspecified atom stereocenters. The van der Waals surface area contributed by atoms with E-state index in [0.29, 0.717) is 5.69 Å². The Labute approximate surface area is 166 Å². The largest absolute Gasteiger partial charge is 0.497 e. The Hall–Kier alpha value is -2.70. The van der Waals surface area contributed by atoms with Crippen LogP contribution >= 0.6 is 0 Å². The van der Waals surface area contributed by atoms with Crippen molar-refractivity contribution in [2.75, 3.05) is 41.3 Å². The van der Waals surface area contributed by atoms with E-state index >= 15 is 0 Å². The summed E-state index contributed by atoms with van der Waals surface area (Å²) < 4.78 is 21.2. The van der Waals surface area contributed by atoms with Gasteiger partial charge in [0.2, 0.25) is 0 Å². The van der Waals surface area contributed by atoms with E-state index < -0.39 is 0 Å². The molecule has 2 aromatic carbocycles. The van der Waals surface area contributed by atoms with Gasteiger partial charge in [0.05, 0.1) is 12.8 Å². The van der Waals surface area contributed by atoms with Crippen LogP contribution in [0.3, 0.4) is 0 Å². The molecular weight excluding hydrogens is 355 g/mol. The predicted molar refractivity (Wildman–Crippen MR) is 110 cm³/mol. The monoisotopic (exact) mass is 382 g/mol. The zero-order chi connectivity index (χ0) is 20.1. The fourth-order valence-corrected chi connectivity index (χ4v) is 3.02. The molecule has 0 aliphatic carbocycles. The molecule has 5 nitrogen and oxygen atoms in total. The highest BCUT2D eigenvalue weighted by Crippen LogP contribution is 2.27. The molecule has 3 aromatic rings. The molecule has 0 amide bonds. The van der Waals surface area contributed by atoms with Gasteiger partial charge in [0.1, 0.15) is 17.3 Å². The minimum atomic E-state index is -0.293. The lowest BCUT2D eigenvalue weighted by molar-refractivity contribution is 0.276. The van der Waals surface area contributed by atoms with Crippen LogP contribution in [-0.4, -0.2) is 60.9 Å². The summed E-state index contributed by atoms with van der Waals surface area (Å²) in [5.74, 6) is 0.501. The summed E-state index contributed by atoms with van der Waals surface area (Å²) in [5.41, 5.74) is 3.32. The van der Waals surface area contributed by atoms with Gasteiger partial charge in [0.25, 0.3) is 0 Å². The number of benzene rings is 2. The van der Waals surface area contributed by atoms with Crippen molar-refractivity contribution in [3.8, 4) is 22.7 Å². The van der Waals surface area contributed by atoms with Gasteiger partial charge in [-0.15, -0.1) is 0 Å². The lowest BCUT2D eigenvalue weighted by atomic mass is 10.1. The first-order chi connectivity index (χ1) is 13.5. The molecule has 28 heavy (non-hydrogen) atoms. The Morgan fingerprint density at radius 3 is 2.36 bits per heavy atom. The first-order valence-electron chi connectivity index (χ1n) is 9.29. The number of hydrogen-bond donors (Lipinski definition) is 0. The van der Waals surface area contributed by atoms with E-state index in [1.165, 1.54) is 6.07 Å². The van der Waals surface area contributed by atoms with Crippen LogP contribution in [0, 0.1) is 5.82 Å². The lowest BCUT2D eigenvalue weighted by Gasteiger charge is -2.19. The van der Waals surface area contributed by atoms with Crippen LogP contribution in [0.2, 0.25) is 0 Å². The number of nitrogens with zero attached hydrogens (tertiary/aromatic N) is 4. The van der Waals surface area contributed by atoms with Gasteiger partial charge in [0.15, 0.2) is 0 Å². The number of rotatable bonds is 8. The summed E-state index contributed by atoms with van der Waals surface area (Å²) >= 11 is 0. The molecule has 0 radical (unpaired) electrons. The first-order valence-corrected chi connectivity index (χ1v) is 9.29. The zero-order valence-corrected chi connectivity index (χ0v) is 16.9. The van der Waals surface area contributed by atoms with E-state index in [1.807, 2.05) is 36.5 Å². The van der Waals surface area contributed by atoms with Gasteiger partial charge < -0.3 is 14.5 Å². The summed E-state index contributed by atoms with van der Waals surface area (Å²) in [7, 11) is 7.86. The summed E-state index contributed by atoms with van der Waals surface area (Å²) in [6.45, 7) is 2.62. The van der Waals surface area contributed by atoms with E-state index in [9.17, 15) is 4.39 Å². The van der Waals surface area contributed by atoms with Crippen LogP contribution in [0.25, 0.3) is 16.9 Å². The van der Waals surface area contributed by atoms with Crippen molar-refractivity contribution >= 4 is 0 Å². The molecular formula is C22H27FN4O. The van der Waals surface area contributed by atoms with Crippen molar-refractivity contribution < 1.29 is 9.13 Å². The molecule has 1 heterocycles. The SMILES string of the molecule is COc1ccc(-c2nn(-c3ccccc3F)cc2CN(C)CCN(C)C)cc1. The Bertz CT molecular complexity index is 905. The maximum Gasteiger partial charge on any atom is 0.148 e. The first kappa shape index (κ1) is 20.0. The Kier molecular flexibility index (Phi) is 6.44. The predicted octanol–water partition coefficient (Wildman–Crippen LogP) is 3.68. The van der Waals surface area contributed by atoms with Crippen LogP contribution < -0.4 is 4.74 Å². The van der Waals surface area contributed by atoms with Gasteiger partial charge in [-0.1, -0.05) is 12.1 Å². The highest BCUT2D eigenvalue weighted by molar-refractivity contribution is 5.64. The molecule has 1 aromatic heterocycles. The fourth-order valence-electron chi connectivity index (χ4n) is 3.02. The minimum absolute atomic E-state index is 0.293. The van der Waals surface area contributed by atoms with Crippen molar-refractivity contribution in [3.63, 3.8) is 0 Å². The topological polar surface area (TPSA) is 33.5 Å². The third kappa shape index (κ3) is 4.77. The van der Waals surface area contributed by atoms with Crippen LogP contribution in [0.4, 0.5) is 4.39 Å². The summed E-state index contributed by atoms with van der Waals surface area (Å²) in [6.07, 6.45) is 1.92. The number of likely N-dealkylation sites (N-methyl/N-ethyl adjacent to an activating group) is 2. The number of halogens is 1. The standard InChI is InChI=1S/C22H27FN4O/c1-25(2)13-14-26(3)15-18-16-27(21-8-6-5-7-20(21)23)24-22(18)17-9-11-19(28-4)12-10-17/h5-12,16H,13-15H2,1-4H3. The highest BCUT2D eigenvalue weighted by Gasteiger charge is 2.16. The summed E-state index contributed by atoms with van der Waals surface area (Å²) in [6, 6.07) is 14.5. The molecule has 148 valence electrons. The average molecular weight is 382 g/mol. The molecule has 0 bridgehead atoms. The van der Waals surface area contributed by atoms with Gasteiger partial charge >= 0.3 is 0 Å². The molecule has 0 saturated heterocycles. The van der Waals surface area contributed by atoms with Gasteiger partial charge in [-0.25, -0.2) is 9.07 Å². The number of aromatic nitrogens is 2. The molecule has 0 spiro atoms. The van der Waals surface area contributed by atoms with Crippen molar-refractivity contribution in [2.24, 2.45) is 0 Å². The second kappa shape index (κ2) is 8.99. The van der Waals surface area contributed by atoms with Gasteiger partial charge in [-0.2, -0.15) is 5.10 Å². The molecule has 0 fully saturated rings. The number of para-hydroxylation sites is 1. The highest BCUT2D eigenvalue weighted by atomic mass is 19.1. The molecule has 0 N–H and O–H groups in total. The lowest BCUT2D eigenvalue weighted by Crippen LogP contribution is -2.28. The molecule has 3 rings (SSSR count). The second-order valence-corrected chi connectivity index (χ2v) is 7.17. The molecule has 0 atom stereocenters. The van der Waals surface area contributed by atoms with E-state index in [1.54, 1.807) is 23.9 Å². The van der Waals surface area contributed by atoms with Crippen molar-refractivity contribution in [1.29, 1.82) is 0 Å². The van der Waals surface area contributed by atoms with Crippen LogP contribution in [-0.2, 0) is 6.54 Å². The summed E-state index contributed by atoms with van der Waals surface area (Å²) in [4.78, 5) is 4.40. The van der Waals surface area contributed by atoms with Crippen LogP contribution in [0.5, 0.6) is 5.75 Å². The van der Waals surface area contributed by atoms with Gasteiger partial charge in [-0.05, 0) is 57.5 Å². The van der Waals surface area contributed by atoms with Crippen molar-refractivity contribution in [3.05, 3.63) is 66.1 Å². The summed E-state index contributed by atoms with van der Waals surface area (Å²) in [5, 5.41) is 4.71. The van der Waals surface area contributed by atoms with E-state index in [2.05, 4.69) is 30.9 Å². The Balaban J connectivity index is 1.96. The zero-order valence-electron chi connectivity index (χ0n) is 16.9. The maximum atomic E-state index is 14.3. The fraction of sp³-hybridized carbons (Fsp3) is 0.318. The van der Waals surface area contributed by atoms with E-state index in [0.717, 1.165) is 42.2 Å². The Morgan fingerprint density at radius 1 is 1.00 bits per heavy atom.